The van der Waals surface area contributed by atoms with Crippen LogP contribution in [0.1, 0.15) is 23.5 Å². The monoisotopic (exact) mass is 219 g/mol. The third-order valence-corrected chi connectivity index (χ3v) is 2.57. The molecule has 2 N–H and O–H groups in total. The maximum absolute atomic E-state index is 13.1. The molecule has 0 unspecified atom stereocenters. The van der Waals surface area contributed by atoms with Crippen LogP contribution in [0.25, 0.3) is 0 Å². The molecule has 0 saturated heterocycles. The predicted octanol–water partition coefficient (Wildman–Crippen LogP) is 2.66. The van der Waals surface area contributed by atoms with E-state index in [1.165, 1.54) is 6.07 Å². The molecule has 1 fully saturated rings. The molecule has 1 aliphatic carbocycles. The zero-order chi connectivity index (χ0) is 11.2. The van der Waals surface area contributed by atoms with Crippen molar-refractivity contribution >= 4 is 0 Å². The van der Waals surface area contributed by atoms with Crippen LogP contribution < -0.4 is 5.73 Å². The first kappa shape index (κ1) is 10.4. The molecule has 0 heterocycles. The molecule has 1 aromatic carbocycles. The average molecular weight is 219 g/mol. The molecule has 0 bridgehead atoms. The Kier molecular flexibility index (Phi) is 2.22. The second-order valence-electron chi connectivity index (χ2n) is 3.74. The highest BCUT2D eigenvalue weighted by Gasteiger charge is 2.38. The summed E-state index contributed by atoms with van der Waals surface area (Å²) in [6, 6.07) is 2.96. The average Bonchev–Trinajstić information content (AvgIpc) is 2.80. The normalized spacial score (nSPS) is 25.4. The van der Waals surface area contributed by atoms with E-state index < -0.39 is 17.6 Å². The van der Waals surface area contributed by atoms with Gasteiger partial charge in [-0.05, 0) is 24.1 Å². The Morgan fingerprint density at radius 2 is 1.87 bits per heavy atom. The number of benzene rings is 1. The van der Waals surface area contributed by atoms with Crippen molar-refractivity contribution < 1.29 is 17.6 Å². The van der Waals surface area contributed by atoms with E-state index >= 15 is 0 Å². The van der Waals surface area contributed by atoms with Gasteiger partial charge in [-0.15, -0.1) is 0 Å². The van der Waals surface area contributed by atoms with E-state index in [1.54, 1.807) is 0 Å². The minimum atomic E-state index is -4.63. The van der Waals surface area contributed by atoms with Crippen molar-refractivity contribution in [2.45, 2.75) is 24.6 Å². The van der Waals surface area contributed by atoms with Crippen molar-refractivity contribution in [3.05, 3.63) is 35.1 Å². The number of hydrogen-bond donors (Lipinski definition) is 1. The molecule has 2 atom stereocenters. The molecule has 1 aromatic rings. The fourth-order valence-corrected chi connectivity index (χ4v) is 1.59. The maximum Gasteiger partial charge on any atom is 0.419 e. The Bertz CT molecular complexity index is 385. The molecule has 1 nitrogen and oxygen atoms in total. The second-order valence-corrected chi connectivity index (χ2v) is 3.74. The molecule has 0 spiro atoms. The van der Waals surface area contributed by atoms with Gasteiger partial charge in [0.05, 0.1) is 5.56 Å². The van der Waals surface area contributed by atoms with Gasteiger partial charge in [0.1, 0.15) is 5.82 Å². The van der Waals surface area contributed by atoms with E-state index in [4.69, 9.17) is 5.73 Å². The van der Waals surface area contributed by atoms with Gasteiger partial charge in [-0.3, -0.25) is 0 Å². The van der Waals surface area contributed by atoms with E-state index in [-0.39, 0.29) is 12.0 Å². The lowest BCUT2D eigenvalue weighted by atomic mass is 10.1. The molecule has 0 aliphatic heterocycles. The van der Waals surface area contributed by atoms with E-state index in [2.05, 4.69) is 0 Å². The summed E-state index contributed by atoms with van der Waals surface area (Å²) in [7, 11) is 0. The van der Waals surface area contributed by atoms with Gasteiger partial charge in [-0.2, -0.15) is 13.2 Å². The van der Waals surface area contributed by atoms with Crippen molar-refractivity contribution in [3.8, 4) is 0 Å². The number of nitrogens with two attached hydrogens (primary N) is 1. The fourth-order valence-electron chi connectivity index (χ4n) is 1.59. The summed E-state index contributed by atoms with van der Waals surface area (Å²) in [4.78, 5) is 0. The van der Waals surface area contributed by atoms with Crippen molar-refractivity contribution in [1.29, 1.82) is 0 Å². The number of hydrogen-bond acceptors (Lipinski definition) is 1. The molecule has 5 heteroatoms. The highest BCUT2D eigenvalue weighted by molar-refractivity contribution is 5.33. The van der Waals surface area contributed by atoms with Crippen LogP contribution in [0.4, 0.5) is 17.6 Å². The summed E-state index contributed by atoms with van der Waals surface area (Å²) in [6.45, 7) is 0. The topological polar surface area (TPSA) is 26.0 Å². The summed E-state index contributed by atoms with van der Waals surface area (Å²) >= 11 is 0. The zero-order valence-corrected chi connectivity index (χ0v) is 7.68. The molecule has 0 radical (unpaired) electrons. The van der Waals surface area contributed by atoms with Crippen LogP contribution >= 0.6 is 0 Å². The van der Waals surface area contributed by atoms with Gasteiger partial charge >= 0.3 is 6.18 Å². The zero-order valence-electron chi connectivity index (χ0n) is 7.68. The highest BCUT2D eigenvalue weighted by Crippen LogP contribution is 2.40. The van der Waals surface area contributed by atoms with Crippen molar-refractivity contribution in [1.82, 2.24) is 0 Å². The smallest absolute Gasteiger partial charge is 0.327 e. The molecule has 1 aliphatic rings. The number of rotatable bonds is 1. The lowest BCUT2D eigenvalue weighted by Crippen LogP contribution is -2.08. The number of halogens is 4. The first-order valence-electron chi connectivity index (χ1n) is 4.52. The fraction of sp³-hybridized carbons (Fsp3) is 0.400. The first-order valence-corrected chi connectivity index (χ1v) is 4.52. The van der Waals surface area contributed by atoms with Gasteiger partial charge in [-0.25, -0.2) is 4.39 Å². The van der Waals surface area contributed by atoms with Crippen LogP contribution in [0.3, 0.4) is 0 Å². The molecular weight excluding hydrogens is 210 g/mol. The third-order valence-electron chi connectivity index (χ3n) is 2.57. The molecule has 0 aromatic heterocycles. The molecule has 1 saturated carbocycles. The second kappa shape index (κ2) is 3.20. The lowest BCUT2D eigenvalue weighted by molar-refractivity contribution is -0.140. The van der Waals surface area contributed by atoms with Crippen LogP contribution in [0.15, 0.2) is 18.2 Å². The lowest BCUT2D eigenvalue weighted by Gasteiger charge is -2.08. The Morgan fingerprint density at radius 3 is 2.27 bits per heavy atom. The van der Waals surface area contributed by atoms with Crippen molar-refractivity contribution in [2.75, 3.05) is 0 Å². The van der Waals surface area contributed by atoms with E-state index in [1.807, 2.05) is 0 Å². The quantitative estimate of drug-likeness (QED) is 0.722. The largest absolute Gasteiger partial charge is 0.419 e. The summed E-state index contributed by atoms with van der Waals surface area (Å²) in [5, 5.41) is 0. The highest BCUT2D eigenvalue weighted by atomic mass is 19.4. The van der Waals surface area contributed by atoms with Gasteiger partial charge in [0.25, 0.3) is 0 Å². The summed E-state index contributed by atoms with van der Waals surface area (Å²) in [6.07, 6.45) is -3.92. The van der Waals surface area contributed by atoms with Crippen LogP contribution in [0.5, 0.6) is 0 Å². The Balaban J connectivity index is 2.31. The minimum absolute atomic E-state index is 0.0155. The summed E-state index contributed by atoms with van der Waals surface area (Å²) in [5.41, 5.74) is 4.86. The van der Waals surface area contributed by atoms with Gasteiger partial charge in [-0.1, -0.05) is 6.07 Å². The third kappa shape index (κ3) is 1.97. The van der Waals surface area contributed by atoms with Gasteiger partial charge in [0, 0.05) is 12.0 Å². The predicted molar refractivity (Wildman–Crippen MR) is 46.7 cm³/mol. The van der Waals surface area contributed by atoms with Crippen LogP contribution in [0.2, 0.25) is 0 Å². The molecule has 82 valence electrons. The Hall–Kier alpha value is -1.10. The maximum atomic E-state index is 13.1. The van der Waals surface area contributed by atoms with Crippen molar-refractivity contribution in [3.63, 3.8) is 0 Å². The Morgan fingerprint density at radius 1 is 1.27 bits per heavy atom. The van der Waals surface area contributed by atoms with Gasteiger partial charge in [0.2, 0.25) is 0 Å². The molecule has 15 heavy (non-hydrogen) atoms. The summed E-state index contributed by atoms with van der Waals surface area (Å²) < 4.78 is 49.7. The standard InChI is InChI=1S/C10H9F4N/c11-8-3-5(6-4-9(6)15)1-2-7(8)10(12,13)14/h1-3,6,9H,4,15H2/t6-,9+/m1/s1. The minimum Gasteiger partial charge on any atom is -0.327 e. The van der Waals surface area contributed by atoms with Gasteiger partial charge in [0.15, 0.2) is 0 Å². The molecule has 0 amide bonds. The summed E-state index contributed by atoms with van der Waals surface area (Å²) in [5.74, 6) is -1.21. The van der Waals surface area contributed by atoms with E-state index in [9.17, 15) is 17.6 Å². The molecule has 2 rings (SSSR count). The van der Waals surface area contributed by atoms with Crippen molar-refractivity contribution in [2.24, 2.45) is 5.73 Å². The van der Waals surface area contributed by atoms with E-state index in [0.717, 1.165) is 12.1 Å². The van der Waals surface area contributed by atoms with Crippen LogP contribution in [-0.4, -0.2) is 6.04 Å². The number of alkyl halides is 3. The van der Waals surface area contributed by atoms with E-state index in [0.29, 0.717) is 12.0 Å². The SMILES string of the molecule is N[C@H]1C[C@@H]1c1ccc(C(F)(F)F)c(F)c1. The molecular formula is C10H9F4N. The van der Waals surface area contributed by atoms with Crippen LogP contribution in [0, 0.1) is 5.82 Å². The first-order chi connectivity index (χ1) is 6.89. The van der Waals surface area contributed by atoms with Gasteiger partial charge < -0.3 is 5.73 Å². The Labute approximate surface area is 83.9 Å². The van der Waals surface area contributed by atoms with Crippen LogP contribution in [-0.2, 0) is 6.18 Å².